The first-order valence-corrected chi connectivity index (χ1v) is 6.82. The zero-order valence-corrected chi connectivity index (χ0v) is 12.3. The van der Waals surface area contributed by atoms with E-state index in [1.54, 1.807) is 13.8 Å². The fraction of sp³-hybridized carbons (Fsp3) is 0.923. The van der Waals surface area contributed by atoms with Crippen LogP contribution in [-0.2, 0) is 14.3 Å². The number of hydrogen-bond donors (Lipinski definition) is 1. The van der Waals surface area contributed by atoms with Crippen molar-refractivity contribution in [1.29, 1.82) is 0 Å². The highest BCUT2D eigenvalue weighted by Crippen LogP contribution is 2.21. The van der Waals surface area contributed by atoms with Gasteiger partial charge in [0, 0.05) is 13.0 Å². The van der Waals surface area contributed by atoms with Gasteiger partial charge < -0.3 is 14.8 Å². The molecule has 0 spiro atoms. The van der Waals surface area contributed by atoms with Crippen molar-refractivity contribution in [3.8, 4) is 0 Å². The summed E-state index contributed by atoms with van der Waals surface area (Å²) < 4.78 is 46.1. The number of hydrogen-bond acceptors (Lipinski definition) is 4. The summed E-state index contributed by atoms with van der Waals surface area (Å²) in [5.41, 5.74) is -1.02. The number of ether oxygens (including phenoxy) is 2. The molecule has 0 aromatic rings. The summed E-state index contributed by atoms with van der Waals surface area (Å²) in [6, 6.07) is 0. The van der Waals surface area contributed by atoms with Crippen molar-refractivity contribution in [2.24, 2.45) is 0 Å². The predicted molar refractivity (Wildman–Crippen MR) is 69.4 cm³/mol. The first-order valence-electron chi connectivity index (χ1n) is 6.82. The molecule has 0 bridgehead atoms. The van der Waals surface area contributed by atoms with Crippen molar-refractivity contribution in [2.45, 2.75) is 51.7 Å². The molecule has 7 heteroatoms. The van der Waals surface area contributed by atoms with Crippen molar-refractivity contribution >= 4 is 5.97 Å². The third kappa shape index (κ3) is 8.37. The van der Waals surface area contributed by atoms with E-state index in [-0.39, 0.29) is 26.2 Å². The molecule has 0 fully saturated rings. The van der Waals surface area contributed by atoms with E-state index in [0.717, 1.165) is 6.42 Å². The van der Waals surface area contributed by atoms with Crippen LogP contribution < -0.4 is 5.32 Å². The Hall–Kier alpha value is -0.820. The summed E-state index contributed by atoms with van der Waals surface area (Å²) in [7, 11) is 0. The lowest BCUT2D eigenvalue weighted by Crippen LogP contribution is -2.54. The summed E-state index contributed by atoms with van der Waals surface area (Å²) in [5.74, 6) is -0.454. The molecule has 0 radical (unpaired) electrons. The SMILES string of the molecule is CCCNC(C)(COCCCC(F)(F)F)C(=O)OCC. The van der Waals surface area contributed by atoms with Crippen LogP contribution in [0.3, 0.4) is 0 Å². The lowest BCUT2D eigenvalue weighted by molar-refractivity contribution is -0.154. The molecule has 120 valence electrons. The summed E-state index contributed by atoms with van der Waals surface area (Å²) in [6.07, 6.45) is -4.35. The molecule has 0 saturated carbocycles. The summed E-state index contributed by atoms with van der Waals surface area (Å²) in [6.45, 7) is 6.07. The lowest BCUT2D eigenvalue weighted by atomic mass is 10.0. The molecule has 1 N–H and O–H groups in total. The minimum atomic E-state index is -4.17. The maximum atomic E-state index is 12.0. The maximum Gasteiger partial charge on any atom is 0.389 e. The molecule has 4 nitrogen and oxygen atoms in total. The van der Waals surface area contributed by atoms with Gasteiger partial charge in [0.15, 0.2) is 0 Å². The van der Waals surface area contributed by atoms with Gasteiger partial charge in [-0.2, -0.15) is 13.2 Å². The number of carbonyl (C=O) groups excluding carboxylic acids is 1. The van der Waals surface area contributed by atoms with Gasteiger partial charge in [-0.3, -0.25) is 0 Å². The summed E-state index contributed by atoms with van der Waals surface area (Å²) >= 11 is 0. The van der Waals surface area contributed by atoms with Gasteiger partial charge in [-0.05, 0) is 33.2 Å². The van der Waals surface area contributed by atoms with E-state index in [0.29, 0.717) is 6.54 Å². The van der Waals surface area contributed by atoms with E-state index >= 15 is 0 Å². The normalized spacial score (nSPS) is 14.9. The average Bonchev–Trinajstić information content (AvgIpc) is 2.35. The van der Waals surface area contributed by atoms with Crippen LogP contribution in [0.1, 0.15) is 40.0 Å². The quantitative estimate of drug-likeness (QED) is 0.498. The van der Waals surface area contributed by atoms with Gasteiger partial charge in [-0.25, -0.2) is 4.79 Å². The Bertz CT molecular complexity index is 285. The highest BCUT2D eigenvalue weighted by Gasteiger charge is 2.34. The van der Waals surface area contributed by atoms with Gasteiger partial charge in [0.1, 0.15) is 5.54 Å². The Labute approximate surface area is 118 Å². The van der Waals surface area contributed by atoms with Crippen LogP contribution in [-0.4, -0.2) is 44.0 Å². The lowest BCUT2D eigenvalue weighted by Gasteiger charge is -2.28. The Kier molecular flexibility index (Phi) is 8.80. The van der Waals surface area contributed by atoms with Crippen LogP contribution in [0.25, 0.3) is 0 Å². The summed E-state index contributed by atoms with van der Waals surface area (Å²) in [4.78, 5) is 11.8. The van der Waals surface area contributed by atoms with E-state index in [1.165, 1.54) is 0 Å². The Morgan fingerprint density at radius 1 is 1.25 bits per heavy atom. The van der Waals surface area contributed by atoms with Crippen LogP contribution in [0.5, 0.6) is 0 Å². The highest BCUT2D eigenvalue weighted by atomic mass is 19.4. The fourth-order valence-corrected chi connectivity index (χ4v) is 1.52. The number of esters is 1. The minimum Gasteiger partial charge on any atom is -0.465 e. The van der Waals surface area contributed by atoms with Crippen LogP contribution in [0, 0.1) is 0 Å². The van der Waals surface area contributed by atoms with Gasteiger partial charge in [0.05, 0.1) is 13.2 Å². The first kappa shape index (κ1) is 19.2. The second kappa shape index (κ2) is 9.18. The third-order valence-corrected chi connectivity index (χ3v) is 2.63. The highest BCUT2D eigenvalue weighted by molar-refractivity contribution is 5.80. The van der Waals surface area contributed by atoms with Crippen LogP contribution in [0.4, 0.5) is 13.2 Å². The number of halogens is 3. The molecule has 0 aromatic heterocycles. The van der Waals surface area contributed by atoms with Crippen LogP contribution in [0.15, 0.2) is 0 Å². The second-order valence-electron chi connectivity index (χ2n) is 4.75. The molecule has 0 aliphatic heterocycles. The van der Waals surface area contributed by atoms with Crippen LogP contribution in [0.2, 0.25) is 0 Å². The first-order chi connectivity index (χ1) is 9.25. The fourth-order valence-electron chi connectivity index (χ4n) is 1.52. The number of nitrogens with one attached hydrogen (secondary N) is 1. The van der Waals surface area contributed by atoms with E-state index in [2.05, 4.69) is 5.32 Å². The molecule has 0 aromatic carbocycles. The van der Waals surface area contributed by atoms with Crippen LogP contribution >= 0.6 is 0 Å². The zero-order chi connectivity index (χ0) is 15.6. The van der Waals surface area contributed by atoms with E-state index in [4.69, 9.17) is 9.47 Å². The minimum absolute atomic E-state index is 0.0102. The number of rotatable bonds is 10. The van der Waals surface area contributed by atoms with E-state index < -0.39 is 24.1 Å². The molecule has 0 aliphatic rings. The molecule has 20 heavy (non-hydrogen) atoms. The van der Waals surface area contributed by atoms with E-state index in [1.807, 2.05) is 6.92 Å². The van der Waals surface area contributed by atoms with Crippen molar-refractivity contribution in [1.82, 2.24) is 5.32 Å². The number of carbonyl (C=O) groups is 1. The zero-order valence-electron chi connectivity index (χ0n) is 12.3. The third-order valence-electron chi connectivity index (χ3n) is 2.63. The summed E-state index contributed by atoms with van der Waals surface area (Å²) in [5, 5.41) is 3.02. The average molecular weight is 299 g/mol. The molecule has 0 aliphatic carbocycles. The smallest absolute Gasteiger partial charge is 0.389 e. The molecule has 0 amide bonds. The van der Waals surface area contributed by atoms with Crippen molar-refractivity contribution in [3.63, 3.8) is 0 Å². The van der Waals surface area contributed by atoms with Gasteiger partial charge in [-0.1, -0.05) is 6.92 Å². The van der Waals surface area contributed by atoms with Crippen molar-refractivity contribution in [2.75, 3.05) is 26.4 Å². The molecule has 0 saturated heterocycles. The van der Waals surface area contributed by atoms with Crippen molar-refractivity contribution < 1.29 is 27.4 Å². The largest absolute Gasteiger partial charge is 0.465 e. The number of alkyl halides is 3. The van der Waals surface area contributed by atoms with Crippen molar-refractivity contribution in [3.05, 3.63) is 0 Å². The topological polar surface area (TPSA) is 47.6 Å². The standard InChI is InChI=1S/C13H24F3NO3/c1-4-8-17-12(3,11(18)20-5-2)10-19-9-6-7-13(14,15)16/h17H,4-10H2,1-3H3. The molecular weight excluding hydrogens is 275 g/mol. The molecule has 1 atom stereocenters. The predicted octanol–water partition coefficient (Wildman–Crippen LogP) is 2.67. The Morgan fingerprint density at radius 3 is 2.40 bits per heavy atom. The molecule has 0 rings (SSSR count). The van der Waals surface area contributed by atoms with Gasteiger partial charge >= 0.3 is 12.1 Å². The molecule has 1 unspecified atom stereocenters. The van der Waals surface area contributed by atoms with Gasteiger partial charge in [0.2, 0.25) is 0 Å². The van der Waals surface area contributed by atoms with E-state index in [9.17, 15) is 18.0 Å². The van der Waals surface area contributed by atoms with Gasteiger partial charge in [0.25, 0.3) is 0 Å². The monoisotopic (exact) mass is 299 g/mol. The molecule has 0 heterocycles. The molecular formula is C13H24F3NO3. The maximum absolute atomic E-state index is 12.0. The van der Waals surface area contributed by atoms with Gasteiger partial charge in [-0.15, -0.1) is 0 Å². The Morgan fingerprint density at radius 2 is 1.90 bits per heavy atom. The second-order valence-corrected chi connectivity index (χ2v) is 4.75. The Balaban J connectivity index is 4.19.